The van der Waals surface area contributed by atoms with Crippen LogP contribution in [0.25, 0.3) is 0 Å². The Bertz CT molecular complexity index is 518. The van der Waals surface area contributed by atoms with Crippen LogP contribution in [0.5, 0.6) is 0 Å². The van der Waals surface area contributed by atoms with Crippen LogP contribution in [0.1, 0.15) is 35.7 Å². The number of carboxylic acid groups (broad SMARTS) is 1. The van der Waals surface area contributed by atoms with Gasteiger partial charge in [0.2, 0.25) is 0 Å². The number of aliphatic carboxylic acids is 1. The molecule has 0 aliphatic carbocycles. The van der Waals surface area contributed by atoms with Crippen molar-refractivity contribution in [3.8, 4) is 0 Å². The molecule has 1 aliphatic heterocycles. The highest BCUT2D eigenvalue weighted by molar-refractivity contribution is 8.00. The van der Waals surface area contributed by atoms with Gasteiger partial charge in [-0.1, -0.05) is 31.0 Å². The van der Waals surface area contributed by atoms with Gasteiger partial charge in [0.1, 0.15) is 6.04 Å². The minimum Gasteiger partial charge on any atom is -0.480 e. The molecule has 1 aliphatic rings. The first-order valence-electron chi connectivity index (χ1n) is 6.78. The van der Waals surface area contributed by atoms with Gasteiger partial charge >= 0.3 is 5.97 Å². The fourth-order valence-corrected chi connectivity index (χ4v) is 3.94. The number of rotatable bonds is 4. The normalized spacial score (nSPS) is 22.0. The highest BCUT2D eigenvalue weighted by atomic mass is 32.2. The van der Waals surface area contributed by atoms with E-state index in [1.54, 1.807) is 22.7 Å². The molecule has 0 bridgehead atoms. The summed E-state index contributed by atoms with van der Waals surface area (Å²) in [4.78, 5) is 25.6. The van der Waals surface area contributed by atoms with Crippen LogP contribution in [-0.4, -0.2) is 39.1 Å². The van der Waals surface area contributed by atoms with E-state index in [2.05, 4.69) is 0 Å². The average Bonchev–Trinajstić information content (AvgIpc) is 2.82. The second-order valence-electron chi connectivity index (χ2n) is 5.01. The van der Waals surface area contributed by atoms with Crippen molar-refractivity contribution in [2.75, 3.05) is 5.75 Å². The summed E-state index contributed by atoms with van der Waals surface area (Å²) in [6.45, 7) is 3.97. The van der Waals surface area contributed by atoms with Crippen molar-refractivity contribution in [2.45, 2.75) is 38.1 Å². The van der Waals surface area contributed by atoms with Gasteiger partial charge in [-0.2, -0.15) is 0 Å². The van der Waals surface area contributed by atoms with Gasteiger partial charge < -0.3 is 10.0 Å². The molecule has 5 heteroatoms. The molecular formula is C15H19NO3S. The minimum atomic E-state index is -0.919. The number of nitrogens with zero attached hydrogens (tertiary/aromatic N) is 1. The van der Waals surface area contributed by atoms with E-state index in [0.29, 0.717) is 11.3 Å². The number of amides is 1. The highest BCUT2D eigenvalue weighted by Crippen LogP contribution is 2.33. The molecule has 1 N–H and O–H groups in total. The van der Waals surface area contributed by atoms with Crippen molar-refractivity contribution in [1.82, 2.24) is 4.90 Å². The Morgan fingerprint density at radius 2 is 2.20 bits per heavy atom. The molecule has 1 amide bonds. The lowest BCUT2D eigenvalue weighted by molar-refractivity contribution is -0.141. The van der Waals surface area contributed by atoms with E-state index in [9.17, 15) is 14.7 Å². The highest BCUT2D eigenvalue weighted by Gasteiger charge is 2.41. The second-order valence-corrected chi connectivity index (χ2v) is 6.22. The Morgan fingerprint density at radius 1 is 1.45 bits per heavy atom. The Labute approximate surface area is 123 Å². The Morgan fingerprint density at radius 3 is 2.80 bits per heavy atom. The number of carbonyl (C=O) groups is 2. The van der Waals surface area contributed by atoms with Crippen LogP contribution < -0.4 is 0 Å². The zero-order chi connectivity index (χ0) is 14.7. The molecule has 20 heavy (non-hydrogen) atoms. The number of carbonyl (C=O) groups excluding carboxylic acids is 1. The van der Waals surface area contributed by atoms with Crippen LogP contribution in [0, 0.1) is 6.92 Å². The lowest BCUT2D eigenvalue weighted by atomic mass is 10.1. The lowest BCUT2D eigenvalue weighted by Gasteiger charge is -2.27. The molecule has 108 valence electrons. The van der Waals surface area contributed by atoms with E-state index in [0.717, 1.165) is 18.4 Å². The molecule has 1 aromatic carbocycles. The number of hydrogen-bond donors (Lipinski definition) is 1. The van der Waals surface area contributed by atoms with Crippen LogP contribution in [0.15, 0.2) is 24.3 Å². The van der Waals surface area contributed by atoms with Crippen molar-refractivity contribution in [1.29, 1.82) is 0 Å². The van der Waals surface area contributed by atoms with Gasteiger partial charge in [0.05, 0.1) is 5.37 Å². The van der Waals surface area contributed by atoms with Gasteiger partial charge in [0, 0.05) is 11.3 Å². The van der Waals surface area contributed by atoms with Crippen LogP contribution in [0.4, 0.5) is 0 Å². The van der Waals surface area contributed by atoms with Gasteiger partial charge in [-0.05, 0) is 25.5 Å². The van der Waals surface area contributed by atoms with E-state index < -0.39 is 12.0 Å². The van der Waals surface area contributed by atoms with E-state index in [1.165, 1.54) is 0 Å². The molecule has 2 rings (SSSR count). The third-order valence-corrected chi connectivity index (χ3v) is 4.77. The van der Waals surface area contributed by atoms with Crippen LogP contribution >= 0.6 is 11.8 Å². The second kappa shape index (κ2) is 6.31. The maximum Gasteiger partial charge on any atom is 0.327 e. The molecule has 1 heterocycles. The molecule has 0 spiro atoms. The summed E-state index contributed by atoms with van der Waals surface area (Å²) < 4.78 is 0. The van der Waals surface area contributed by atoms with E-state index >= 15 is 0 Å². The van der Waals surface area contributed by atoms with Crippen molar-refractivity contribution in [3.63, 3.8) is 0 Å². The summed E-state index contributed by atoms with van der Waals surface area (Å²) in [5.74, 6) is -0.626. The van der Waals surface area contributed by atoms with E-state index in [4.69, 9.17) is 0 Å². The summed E-state index contributed by atoms with van der Waals surface area (Å²) >= 11 is 1.56. The summed E-state index contributed by atoms with van der Waals surface area (Å²) in [5, 5.41) is 9.28. The molecular weight excluding hydrogens is 274 g/mol. The first-order valence-corrected chi connectivity index (χ1v) is 7.83. The largest absolute Gasteiger partial charge is 0.480 e. The SMILES string of the molecule is CCCC1SCC(C(=O)O)N1C(=O)c1cccc(C)c1. The number of aryl methyl sites for hydroxylation is 1. The number of benzene rings is 1. The summed E-state index contributed by atoms with van der Waals surface area (Å²) in [7, 11) is 0. The average molecular weight is 293 g/mol. The third-order valence-electron chi connectivity index (χ3n) is 3.41. The molecule has 0 saturated carbocycles. The first-order chi connectivity index (χ1) is 9.54. The standard InChI is InChI=1S/C15H19NO3S/c1-3-5-13-16(12(9-20-13)15(18)19)14(17)11-7-4-6-10(2)8-11/h4,6-8,12-13H,3,5,9H2,1-2H3,(H,18,19). The molecule has 2 unspecified atom stereocenters. The van der Waals surface area contributed by atoms with Gasteiger partial charge in [0.25, 0.3) is 5.91 Å². The van der Waals surface area contributed by atoms with Crippen LogP contribution in [-0.2, 0) is 4.79 Å². The first kappa shape index (κ1) is 14.9. The summed E-state index contributed by atoms with van der Waals surface area (Å²) in [5.41, 5.74) is 1.57. The van der Waals surface area contributed by atoms with Crippen molar-refractivity contribution >= 4 is 23.6 Å². The molecule has 4 nitrogen and oxygen atoms in total. The van der Waals surface area contributed by atoms with E-state index in [-0.39, 0.29) is 11.3 Å². The van der Waals surface area contributed by atoms with Crippen molar-refractivity contribution in [2.24, 2.45) is 0 Å². The van der Waals surface area contributed by atoms with Crippen LogP contribution in [0.2, 0.25) is 0 Å². The lowest BCUT2D eigenvalue weighted by Crippen LogP contribution is -2.45. The van der Waals surface area contributed by atoms with E-state index in [1.807, 2.05) is 32.0 Å². The molecule has 0 radical (unpaired) electrons. The van der Waals surface area contributed by atoms with Gasteiger partial charge in [-0.25, -0.2) is 4.79 Å². The zero-order valence-corrected chi connectivity index (χ0v) is 12.5. The molecule has 1 fully saturated rings. The van der Waals surface area contributed by atoms with Crippen LogP contribution in [0.3, 0.4) is 0 Å². The summed E-state index contributed by atoms with van der Waals surface area (Å²) in [6.07, 6.45) is 1.76. The predicted octanol–water partition coefficient (Wildman–Crippen LogP) is 2.76. The third kappa shape index (κ3) is 2.98. The summed E-state index contributed by atoms with van der Waals surface area (Å²) in [6, 6.07) is 6.60. The fourth-order valence-electron chi connectivity index (χ4n) is 2.42. The topological polar surface area (TPSA) is 57.6 Å². The smallest absolute Gasteiger partial charge is 0.327 e. The monoisotopic (exact) mass is 293 g/mol. The minimum absolute atomic E-state index is 0.0332. The Balaban J connectivity index is 2.29. The number of thioether (sulfide) groups is 1. The Kier molecular flexibility index (Phi) is 4.70. The van der Waals surface area contributed by atoms with Gasteiger partial charge in [-0.3, -0.25) is 4.79 Å². The predicted molar refractivity (Wildman–Crippen MR) is 79.9 cm³/mol. The maximum atomic E-state index is 12.6. The Hall–Kier alpha value is -1.49. The number of hydrogen-bond acceptors (Lipinski definition) is 3. The quantitative estimate of drug-likeness (QED) is 0.927. The van der Waals surface area contributed by atoms with Gasteiger partial charge in [0.15, 0.2) is 0 Å². The van der Waals surface area contributed by atoms with Gasteiger partial charge in [-0.15, -0.1) is 11.8 Å². The molecule has 1 aromatic rings. The molecule has 1 saturated heterocycles. The number of carboxylic acids is 1. The fraction of sp³-hybridized carbons (Fsp3) is 0.467. The maximum absolute atomic E-state index is 12.6. The van der Waals surface area contributed by atoms with Crippen molar-refractivity contribution in [3.05, 3.63) is 35.4 Å². The molecule has 0 aromatic heterocycles. The molecule has 2 atom stereocenters. The zero-order valence-electron chi connectivity index (χ0n) is 11.7. The van der Waals surface area contributed by atoms with Crippen molar-refractivity contribution < 1.29 is 14.7 Å².